The Morgan fingerprint density at radius 2 is 2.13 bits per heavy atom. The predicted molar refractivity (Wildman–Crippen MR) is 62.1 cm³/mol. The van der Waals surface area contributed by atoms with Gasteiger partial charge in [-0.25, -0.2) is 0 Å². The smallest absolute Gasteiger partial charge is 0.0998 e. The minimum absolute atomic E-state index is 0.659. The van der Waals surface area contributed by atoms with Crippen LogP contribution in [0.2, 0.25) is 0 Å². The van der Waals surface area contributed by atoms with Crippen molar-refractivity contribution in [1.29, 1.82) is 5.26 Å². The molecular weight excluding hydrogens is 252 g/mol. The largest absolute Gasteiger partial charge is 0.264 e. The molecule has 3 heteroatoms. The molecule has 1 aromatic heterocycles. The van der Waals surface area contributed by atoms with E-state index in [1.165, 1.54) is 0 Å². The van der Waals surface area contributed by atoms with Crippen molar-refractivity contribution in [2.45, 2.75) is 0 Å². The van der Waals surface area contributed by atoms with E-state index in [1.807, 2.05) is 24.3 Å². The second-order valence-corrected chi connectivity index (χ2v) is 3.96. The Morgan fingerprint density at radius 3 is 2.80 bits per heavy atom. The maximum atomic E-state index is 8.98. The Balaban J connectivity index is 2.62. The molecule has 2 nitrogen and oxygen atoms in total. The van der Waals surface area contributed by atoms with Crippen LogP contribution in [0.3, 0.4) is 0 Å². The van der Waals surface area contributed by atoms with Crippen LogP contribution in [0, 0.1) is 11.3 Å². The Bertz CT molecular complexity index is 515. The van der Waals surface area contributed by atoms with Crippen molar-refractivity contribution in [3.63, 3.8) is 0 Å². The van der Waals surface area contributed by atoms with E-state index in [0.717, 1.165) is 15.6 Å². The molecule has 72 valence electrons. The van der Waals surface area contributed by atoms with Gasteiger partial charge in [0.25, 0.3) is 0 Å². The number of benzene rings is 1. The molecule has 0 fully saturated rings. The molecule has 0 aliphatic heterocycles. The summed E-state index contributed by atoms with van der Waals surface area (Å²) in [6.07, 6.45) is 3.47. The molecular formula is C12H7BrN2. The van der Waals surface area contributed by atoms with Crippen LogP contribution >= 0.6 is 15.9 Å². The van der Waals surface area contributed by atoms with Crippen LogP contribution in [0.5, 0.6) is 0 Å². The minimum Gasteiger partial charge on any atom is -0.264 e. The highest BCUT2D eigenvalue weighted by atomic mass is 79.9. The average Bonchev–Trinajstić information content (AvgIpc) is 2.30. The quantitative estimate of drug-likeness (QED) is 0.787. The van der Waals surface area contributed by atoms with Gasteiger partial charge in [-0.2, -0.15) is 5.26 Å². The minimum atomic E-state index is 0.659. The van der Waals surface area contributed by atoms with Crippen molar-refractivity contribution in [3.05, 3.63) is 52.8 Å². The van der Waals surface area contributed by atoms with E-state index in [1.54, 1.807) is 18.5 Å². The molecule has 0 radical (unpaired) electrons. The fourth-order valence-electron chi connectivity index (χ4n) is 1.37. The zero-order chi connectivity index (χ0) is 10.7. The van der Waals surface area contributed by atoms with Crippen LogP contribution in [-0.4, -0.2) is 4.98 Å². The van der Waals surface area contributed by atoms with Crippen molar-refractivity contribution in [1.82, 2.24) is 4.98 Å². The van der Waals surface area contributed by atoms with E-state index in [2.05, 4.69) is 27.0 Å². The van der Waals surface area contributed by atoms with Crippen molar-refractivity contribution in [3.8, 4) is 17.2 Å². The van der Waals surface area contributed by atoms with Crippen LogP contribution in [0.25, 0.3) is 11.1 Å². The first-order chi connectivity index (χ1) is 7.31. The molecule has 0 unspecified atom stereocenters. The Labute approximate surface area is 96.3 Å². The second kappa shape index (κ2) is 4.24. The SMILES string of the molecule is N#Cc1ccc(Br)cc1-c1cccnc1. The maximum absolute atomic E-state index is 8.98. The van der Waals surface area contributed by atoms with Crippen molar-refractivity contribution < 1.29 is 0 Å². The Hall–Kier alpha value is -1.66. The van der Waals surface area contributed by atoms with Gasteiger partial charge >= 0.3 is 0 Å². The van der Waals surface area contributed by atoms with Gasteiger partial charge < -0.3 is 0 Å². The molecule has 0 spiro atoms. The lowest BCUT2D eigenvalue weighted by Gasteiger charge is -2.03. The fraction of sp³-hybridized carbons (Fsp3) is 0. The van der Waals surface area contributed by atoms with E-state index in [9.17, 15) is 0 Å². The summed E-state index contributed by atoms with van der Waals surface area (Å²) < 4.78 is 0.959. The number of aromatic nitrogens is 1. The van der Waals surface area contributed by atoms with Gasteiger partial charge in [0.2, 0.25) is 0 Å². The summed E-state index contributed by atoms with van der Waals surface area (Å²) in [5.41, 5.74) is 2.52. The summed E-state index contributed by atoms with van der Waals surface area (Å²) in [6.45, 7) is 0. The molecule has 0 bridgehead atoms. The third kappa shape index (κ3) is 2.05. The summed E-state index contributed by atoms with van der Waals surface area (Å²) >= 11 is 3.39. The van der Waals surface area contributed by atoms with E-state index in [4.69, 9.17) is 5.26 Å². The molecule has 0 saturated carbocycles. The van der Waals surface area contributed by atoms with Gasteiger partial charge in [0.1, 0.15) is 0 Å². The number of nitrogens with zero attached hydrogens (tertiary/aromatic N) is 2. The van der Waals surface area contributed by atoms with Crippen molar-refractivity contribution in [2.75, 3.05) is 0 Å². The van der Waals surface area contributed by atoms with Gasteiger partial charge in [0.15, 0.2) is 0 Å². The van der Waals surface area contributed by atoms with Crippen LogP contribution < -0.4 is 0 Å². The number of halogens is 1. The summed E-state index contributed by atoms with van der Waals surface area (Å²) in [5.74, 6) is 0. The highest BCUT2D eigenvalue weighted by Gasteiger charge is 2.04. The number of pyridine rings is 1. The summed E-state index contributed by atoms with van der Waals surface area (Å²) in [5, 5.41) is 8.98. The van der Waals surface area contributed by atoms with Crippen LogP contribution in [0.15, 0.2) is 47.2 Å². The molecule has 0 atom stereocenters. The first-order valence-electron chi connectivity index (χ1n) is 4.41. The molecule has 0 N–H and O–H groups in total. The van der Waals surface area contributed by atoms with E-state index in [-0.39, 0.29) is 0 Å². The Morgan fingerprint density at radius 1 is 1.27 bits per heavy atom. The fourth-order valence-corrected chi connectivity index (χ4v) is 1.74. The zero-order valence-electron chi connectivity index (χ0n) is 7.81. The lowest BCUT2D eigenvalue weighted by molar-refractivity contribution is 1.32. The molecule has 2 aromatic rings. The normalized spacial score (nSPS) is 9.60. The van der Waals surface area contributed by atoms with Gasteiger partial charge in [0.05, 0.1) is 11.6 Å². The average molecular weight is 259 g/mol. The first kappa shape index (κ1) is 9.88. The number of hydrogen-bond acceptors (Lipinski definition) is 2. The molecule has 1 aromatic carbocycles. The molecule has 2 rings (SSSR count). The molecule has 0 amide bonds. The van der Waals surface area contributed by atoms with Crippen LogP contribution in [0.4, 0.5) is 0 Å². The van der Waals surface area contributed by atoms with E-state index < -0.39 is 0 Å². The number of rotatable bonds is 1. The van der Waals surface area contributed by atoms with E-state index in [0.29, 0.717) is 5.56 Å². The molecule has 15 heavy (non-hydrogen) atoms. The molecule has 0 aliphatic carbocycles. The van der Waals surface area contributed by atoms with Gasteiger partial charge in [-0.3, -0.25) is 4.98 Å². The third-order valence-corrected chi connectivity index (χ3v) is 2.57. The molecule has 0 aliphatic rings. The van der Waals surface area contributed by atoms with Crippen molar-refractivity contribution in [2.24, 2.45) is 0 Å². The highest BCUT2D eigenvalue weighted by molar-refractivity contribution is 9.10. The highest BCUT2D eigenvalue weighted by Crippen LogP contribution is 2.25. The zero-order valence-corrected chi connectivity index (χ0v) is 9.40. The number of nitriles is 1. The topological polar surface area (TPSA) is 36.7 Å². The standard InChI is InChI=1S/C12H7BrN2/c13-11-4-3-9(7-14)12(6-11)10-2-1-5-15-8-10/h1-6,8H. The van der Waals surface area contributed by atoms with E-state index >= 15 is 0 Å². The van der Waals surface area contributed by atoms with Crippen molar-refractivity contribution >= 4 is 15.9 Å². The van der Waals surface area contributed by atoms with Gasteiger partial charge in [0, 0.05) is 28.0 Å². The Kier molecular flexibility index (Phi) is 2.79. The summed E-state index contributed by atoms with van der Waals surface area (Å²) in [6, 6.07) is 11.6. The summed E-state index contributed by atoms with van der Waals surface area (Å²) in [4.78, 5) is 4.04. The second-order valence-electron chi connectivity index (χ2n) is 3.04. The molecule has 0 saturated heterocycles. The number of hydrogen-bond donors (Lipinski definition) is 0. The lowest BCUT2D eigenvalue weighted by atomic mass is 10.0. The molecule has 1 heterocycles. The third-order valence-electron chi connectivity index (χ3n) is 2.07. The predicted octanol–water partition coefficient (Wildman–Crippen LogP) is 3.38. The van der Waals surface area contributed by atoms with Gasteiger partial charge in [-0.05, 0) is 24.3 Å². The van der Waals surface area contributed by atoms with Gasteiger partial charge in [-0.1, -0.05) is 22.0 Å². The lowest BCUT2D eigenvalue weighted by Crippen LogP contribution is -1.85. The van der Waals surface area contributed by atoms with Gasteiger partial charge in [-0.15, -0.1) is 0 Å². The first-order valence-corrected chi connectivity index (χ1v) is 5.20. The monoisotopic (exact) mass is 258 g/mol. The van der Waals surface area contributed by atoms with Crippen LogP contribution in [0.1, 0.15) is 5.56 Å². The maximum Gasteiger partial charge on any atom is 0.0998 e. The van der Waals surface area contributed by atoms with Crippen LogP contribution in [-0.2, 0) is 0 Å². The summed E-state index contributed by atoms with van der Waals surface area (Å²) in [7, 11) is 0.